The fourth-order valence-electron chi connectivity index (χ4n) is 3.39. The summed E-state index contributed by atoms with van der Waals surface area (Å²) in [6.07, 6.45) is 5.45. The Morgan fingerprint density at radius 2 is 1.70 bits per heavy atom. The molecule has 1 heterocycles. The van der Waals surface area contributed by atoms with Crippen molar-refractivity contribution in [3.63, 3.8) is 0 Å². The first-order valence-electron chi connectivity index (χ1n) is 7.74. The molecule has 20 heavy (non-hydrogen) atoms. The molecule has 1 aliphatic heterocycles. The van der Waals surface area contributed by atoms with Gasteiger partial charge in [-0.3, -0.25) is 9.88 Å². The van der Waals surface area contributed by atoms with Gasteiger partial charge in [-0.1, -0.05) is 6.42 Å². The topological polar surface area (TPSA) is 56.8 Å². The molecule has 0 bridgehead atoms. The van der Waals surface area contributed by atoms with E-state index in [2.05, 4.69) is 5.32 Å². The van der Waals surface area contributed by atoms with Gasteiger partial charge in [-0.25, -0.2) is 0 Å². The minimum absolute atomic E-state index is 0.351. The van der Waals surface area contributed by atoms with E-state index in [9.17, 15) is 4.57 Å². The molecule has 0 amide bonds. The van der Waals surface area contributed by atoms with Gasteiger partial charge in [-0.15, -0.1) is 0 Å². The highest BCUT2D eigenvalue weighted by molar-refractivity contribution is 7.54. The van der Waals surface area contributed by atoms with Crippen LogP contribution >= 0.6 is 7.60 Å². The Kier molecular flexibility index (Phi) is 4.98. The molecule has 2 aliphatic rings. The van der Waals surface area contributed by atoms with E-state index in [0.717, 1.165) is 25.7 Å². The van der Waals surface area contributed by atoms with Gasteiger partial charge in [0, 0.05) is 0 Å². The molecule has 0 aromatic rings. The second-order valence-electron chi connectivity index (χ2n) is 6.18. The summed E-state index contributed by atoms with van der Waals surface area (Å²) in [5, 5.41) is 3.47. The van der Waals surface area contributed by atoms with Crippen LogP contribution in [0.5, 0.6) is 0 Å². The number of nitrogens with one attached hydrogen (secondary N) is 1. The molecule has 1 N–H and O–H groups in total. The normalized spacial score (nSPS) is 28.9. The lowest BCUT2D eigenvalue weighted by molar-refractivity contribution is -0.110. The van der Waals surface area contributed by atoms with E-state index in [1.807, 2.05) is 27.7 Å². The third-order valence-electron chi connectivity index (χ3n) is 4.11. The molecular weight excluding hydrogens is 277 g/mol. The first-order valence-corrected chi connectivity index (χ1v) is 9.35. The molecular formula is C14H28NO4P. The van der Waals surface area contributed by atoms with Crippen molar-refractivity contribution >= 4 is 7.60 Å². The third-order valence-corrected chi connectivity index (χ3v) is 6.73. The van der Waals surface area contributed by atoms with E-state index in [1.165, 1.54) is 6.42 Å². The summed E-state index contributed by atoms with van der Waals surface area (Å²) in [7, 11) is -3.22. The maximum atomic E-state index is 13.1. The van der Waals surface area contributed by atoms with Crippen LogP contribution in [0.4, 0.5) is 0 Å². The summed E-state index contributed by atoms with van der Waals surface area (Å²) in [5.41, 5.74) is -0.909. The zero-order chi connectivity index (χ0) is 14.9. The van der Waals surface area contributed by atoms with Crippen LogP contribution in [0.2, 0.25) is 0 Å². The zero-order valence-electron chi connectivity index (χ0n) is 13.1. The van der Waals surface area contributed by atoms with Gasteiger partial charge < -0.3 is 13.8 Å². The van der Waals surface area contributed by atoms with Gasteiger partial charge in [0.05, 0.1) is 18.8 Å². The molecule has 0 aromatic carbocycles. The summed E-state index contributed by atoms with van der Waals surface area (Å²) in [6, 6.07) is 0. The van der Waals surface area contributed by atoms with Crippen LogP contribution in [0.1, 0.15) is 59.8 Å². The number of hydrogen-bond acceptors (Lipinski definition) is 5. The van der Waals surface area contributed by atoms with Crippen LogP contribution in [0.3, 0.4) is 0 Å². The fourth-order valence-corrected chi connectivity index (χ4v) is 5.69. The van der Waals surface area contributed by atoms with Crippen LogP contribution in [0, 0.1) is 0 Å². The molecule has 1 spiro atoms. The Morgan fingerprint density at radius 1 is 1.15 bits per heavy atom. The van der Waals surface area contributed by atoms with Crippen LogP contribution in [-0.4, -0.2) is 30.3 Å². The Morgan fingerprint density at radius 3 is 2.20 bits per heavy atom. The van der Waals surface area contributed by atoms with E-state index in [4.69, 9.17) is 13.8 Å². The molecule has 5 nitrogen and oxygen atoms in total. The molecule has 2 rings (SSSR count). The van der Waals surface area contributed by atoms with Crippen molar-refractivity contribution in [3.05, 3.63) is 0 Å². The average molecular weight is 305 g/mol. The van der Waals surface area contributed by atoms with Crippen molar-refractivity contribution in [1.29, 1.82) is 0 Å². The maximum Gasteiger partial charge on any atom is 0.350 e. The Hall–Kier alpha value is 0.0700. The first kappa shape index (κ1) is 16.4. The smallest absolute Gasteiger partial charge is 0.350 e. The van der Waals surface area contributed by atoms with Gasteiger partial charge in [-0.2, -0.15) is 0 Å². The van der Waals surface area contributed by atoms with Crippen LogP contribution in [0.25, 0.3) is 0 Å². The van der Waals surface area contributed by atoms with Gasteiger partial charge in [0.25, 0.3) is 0 Å². The molecule has 0 radical (unpaired) electrons. The predicted molar refractivity (Wildman–Crippen MR) is 78.8 cm³/mol. The van der Waals surface area contributed by atoms with Crippen LogP contribution < -0.4 is 5.32 Å². The quantitative estimate of drug-likeness (QED) is 0.786. The van der Waals surface area contributed by atoms with Gasteiger partial charge in [0.15, 0.2) is 0 Å². The fraction of sp³-hybridized carbons (Fsp3) is 1.00. The molecule has 1 saturated heterocycles. The molecule has 1 atom stereocenters. The van der Waals surface area contributed by atoms with Crippen molar-refractivity contribution in [2.24, 2.45) is 0 Å². The van der Waals surface area contributed by atoms with Crippen molar-refractivity contribution < 1.29 is 18.3 Å². The Bertz CT molecular complexity index is 369. The first-order chi connectivity index (χ1) is 9.37. The summed E-state index contributed by atoms with van der Waals surface area (Å²) < 4.78 is 30.4. The van der Waals surface area contributed by atoms with Crippen molar-refractivity contribution in [3.8, 4) is 0 Å². The lowest BCUT2D eigenvalue weighted by Gasteiger charge is -2.34. The number of hydrogen-bond donors (Lipinski definition) is 1. The van der Waals surface area contributed by atoms with E-state index in [1.54, 1.807) is 0 Å². The largest absolute Gasteiger partial charge is 0.352 e. The summed E-state index contributed by atoms with van der Waals surface area (Å²) in [4.78, 5) is 0. The number of ether oxygens (including phenoxy) is 1. The summed E-state index contributed by atoms with van der Waals surface area (Å²) >= 11 is 0. The predicted octanol–water partition coefficient (Wildman–Crippen LogP) is 3.64. The molecule has 1 saturated carbocycles. The standard InChI is InChI=1S/C14H28NO4P/c1-5-17-20(16,18-6-2)12-13(3,4)19-14(15-12)10-8-7-9-11-14/h12,15H,5-11H2,1-4H3. The SMILES string of the molecule is CCOP(=O)(OCC)C1NC2(CCCCC2)OC1(C)C. The molecule has 0 aromatic heterocycles. The van der Waals surface area contributed by atoms with Gasteiger partial charge in [0.2, 0.25) is 0 Å². The van der Waals surface area contributed by atoms with Crippen molar-refractivity contribution in [2.45, 2.75) is 76.9 Å². The van der Waals surface area contributed by atoms with Crippen molar-refractivity contribution in [2.75, 3.05) is 13.2 Å². The van der Waals surface area contributed by atoms with E-state index >= 15 is 0 Å². The minimum atomic E-state index is -3.22. The Labute approximate surface area is 122 Å². The molecule has 2 fully saturated rings. The second kappa shape index (κ2) is 6.05. The van der Waals surface area contributed by atoms with Gasteiger partial charge in [-0.05, 0) is 53.4 Å². The molecule has 1 unspecified atom stereocenters. The lowest BCUT2D eigenvalue weighted by Crippen LogP contribution is -2.46. The molecule has 1 aliphatic carbocycles. The second-order valence-corrected chi connectivity index (χ2v) is 8.30. The van der Waals surface area contributed by atoms with E-state index < -0.39 is 19.0 Å². The van der Waals surface area contributed by atoms with Gasteiger partial charge in [0.1, 0.15) is 11.5 Å². The van der Waals surface area contributed by atoms with Crippen LogP contribution in [-0.2, 0) is 18.3 Å². The van der Waals surface area contributed by atoms with Gasteiger partial charge >= 0.3 is 7.60 Å². The molecule has 118 valence electrons. The zero-order valence-corrected chi connectivity index (χ0v) is 14.0. The summed E-state index contributed by atoms with van der Waals surface area (Å²) in [5.74, 6) is -0.409. The third kappa shape index (κ3) is 3.12. The number of rotatable bonds is 5. The molecule has 6 heteroatoms. The summed E-state index contributed by atoms with van der Waals surface area (Å²) in [6.45, 7) is 8.37. The average Bonchev–Trinajstić information content (AvgIpc) is 2.62. The van der Waals surface area contributed by atoms with Crippen molar-refractivity contribution in [1.82, 2.24) is 5.32 Å². The van der Waals surface area contributed by atoms with Crippen LogP contribution in [0.15, 0.2) is 0 Å². The minimum Gasteiger partial charge on any atom is -0.352 e. The highest BCUT2D eigenvalue weighted by atomic mass is 31.2. The van der Waals surface area contributed by atoms with E-state index in [-0.39, 0.29) is 5.72 Å². The lowest BCUT2D eigenvalue weighted by atomic mass is 9.92. The highest BCUT2D eigenvalue weighted by Crippen LogP contribution is 2.60. The van der Waals surface area contributed by atoms with E-state index in [0.29, 0.717) is 13.2 Å². The monoisotopic (exact) mass is 305 g/mol. The maximum absolute atomic E-state index is 13.1. The highest BCUT2D eigenvalue weighted by Gasteiger charge is 2.58. The Balaban J connectivity index is 2.23.